The van der Waals surface area contributed by atoms with E-state index < -0.39 is 6.04 Å². The molecular weight excluding hydrogens is 268 g/mol. The molecule has 2 atom stereocenters. The Morgan fingerprint density at radius 3 is 2.52 bits per heavy atom. The van der Waals surface area contributed by atoms with Crippen LogP contribution in [0.3, 0.4) is 0 Å². The zero-order chi connectivity index (χ0) is 16.2. The third kappa shape index (κ3) is 5.30. The summed E-state index contributed by atoms with van der Waals surface area (Å²) in [5, 5.41) is 2.87. The van der Waals surface area contributed by atoms with Crippen LogP contribution in [0.4, 0.5) is 0 Å². The number of carbonyl (C=O) groups is 2. The van der Waals surface area contributed by atoms with Gasteiger partial charge in [-0.25, -0.2) is 0 Å². The van der Waals surface area contributed by atoms with E-state index in [9.17, 15) is 9.59 Å². The molecule has 1 fully saturated rings. The van der Waals surface area contributed by atoms with E-state index in [1.807, 2.05) is 25.7 Å². The molecule has 0 radical (unpaired) electrons. The molecule has 1 saturated heterocycles. The predicted octanol–water partition coefficient (Wildman–Crippen LogP) is 1.95. The first-order valence-corrected chi connectivity index (χ1v) is 7.81. The second-order valence-electron chi connectivity index (χ2n) is 7.05. The number of amides is 2. The molecule has 1 aliphatic heterocycles. The Morgan fingerprint density at radius 1 is 1.38 bits per heavy atom. The van der Waals surface area contributed by atoms with Crippen molar-refractivity contribution in [2.45, 2.75) is 71.6 Å². The molecule has 0 aromatic carbocycles. The molecule has 1 heterocycles. The monoisotopic (exact) mass is 298 g/mol. The summed E-state index contributed by atoms with van der Waals surface area (Å²) < 4.78 is 5.42. The van der Waals surface area contributed by atoms with Gasteiger partial charge >= 0.3 is 0 Å². The highest BCUT2D eigenvalue weighted by Crippen LogP contribution is 2.20. The Labute approximate surface area is 128 Å². The van der Waals surface area contributed by atoms with E-state index in [0.29, 0.717) is 25.3 Å². The zero-order valence-electron chi connectivity index (χ0n) is 14.2. The summed E-state index contributed by atoms with van der Waals surface area (Å²) in [7, 11) is 1.68. The topological polar surface area (TPSA) is 58.6 Å². The van der Waals surface area contributed by atoms with Gasteiger partial charge in [-0.15, -0.1) is 0 Å². The number of rotatable bonds is 6. The fourth-order valence-electron chi connectivity index (χ4n) is 2.56. The van der Waals surface area contributed by atoms with Gasteiger partial charge in [0.05, 0.1) is 5.60 Å². The average Bonchev–Trinajstić information content (AvgIpc) is 2.45. The molecule has 0 aliphatic carbocycles. The lowest BCUT2D eigenvalue weighted by Gasteiger charge is -2.32. The molecule has 2 unspecified atom stereocenters. The minimum Gasteiger partial charge on any atom is -0.379 e. The molecule has 21 heavy (non-hydrogen) atoms. The third-order valence-corrected chi connectivity index (χ3v) is 4.14. The van der Waals surface area contributed by atoms with Gasteiger partial charge in [-0.1, -0.05) is 13.8 Å². The molecule has 0 saturated carbocycles. The lowest BCUT2D eigenvalue weighted by Crippen LogP contribution is -2.48. The van der Waals surface area contributed by atoms with E-state index in [-0.39, 0.29) is 23.5 Å². The van der Waals surface area contributed by atoms with Crippen LogP contribution in [0.15, 0.2) is 0 Å². The van der Waals surface area contributed by atoms with Crippen LogP contribution >= 0.6 is 0 Å². The van der Waals surface area contributed by atoms with Crippen molar-refractivity contribution in [1.29, 1.82) is 0 Å². The molecule has 5 heteroatoms. The maximum absolute atomic E-state index is 12.7. The van der Waals surface area contributed by atoms with Crippen molar-refractivity contribution < 1.29 is 14.3 Å². The molecule has 1 aliphatic rings. The Kier molecular flexibility index (Phi) is 6.20. The Bertz CT molecular complexity index is 380. The molecule has 0 aromatic rings. The minimum absolute atomic E-state index is 0.0324. The Morgan fingerprint density at radius 2 is 2.00 bits per heavy atom. The number of nitrogens with one attached hydrogen (secondary N) is 1. The van der Waals surface area contributed by atoms with E-state index >= 15 is 0 Å². The van der Waals surface area contributed by atoms with Crippen molar-refractivity contribution >= 4 is 11.8 Å². The second-order valence-corrected chi connectivity index (χ2v) is 7.05. The highest BCUT2D eigenvalue weighted by atomic mass is 16.5. The van der Waals surface area contributed by atoms with Crippen molar-refractivity contribution in [1.82, 2.24) is 10.2 Å². The van der Waals surface area contributed by atoms with Crippen LogP contribution in [-0.2, 0) is 14.3 Å². The molecule has 0 aromatic heterocycles. The number of methoxy groups -OCH3 is 1. The molecule has 2 amide bonds. The predicted molar refractivity (Wildman–Crippen MR) is 82.9 cm³/mol. The third-order valence-electron chi connectivity index (χ3n) is 4.14. The smallest absolute Gasteiger partial charge is 0.245 e. The number of carbonyl (C=O) groups excluding carboxylic acids is 2. The summed E-state index contributed by atoms with van der Waals surface area (Å²) >= 11 is 0. The summed E-state index contributed by atoms with van der Waals surface area (Å²) in [6.45, 7) is 10.7. The van der Waals surface area contributed by atoms with Crippen molar-refractivity contribution in [3.8, 4) is 0 Å². The quantitative estimate of drug-likeness (QED) is 0.815. The first-order chi connectivity index (χ1) is 9.66. The molecule has 0 spiro atoms. The summed E-state index contributed by atoms with van der Waals surface area (Å²) in [5.41, 5.74) is -0.267. The standard InChI is InChI=1S/C16H30N2O3/c1-11(2)9-13-15(20)18(8-7-16(4,5)21-6)12(3)10-14(19)17-13/h11-13H,7-10H2,1-6H3,(H,17,19). The van der Waals surface area contributed by atoms with Gasteiger partial charge in [0.15, 0.2) is 0 Å². The molecule has 122 valence electrons. The highest BCUT2D eigenvalue weighted by Gasteiger charge is 2.34. The molecule has 1 rings (SSSR count). The molecular formula is C16H30N2O3. The van der Waals surface area contributed by atoms with Gasteiger partial charge in [-0.2, -0.15) is 0 Å². The van der Waals surface area contributed by atoms with Gasteiger partial charge in [0, 0.05) is 26.1 Å². The average molecular weight is 298 g/mol. The van der Waals surface area contributed by atoms with Crippen LogP contribution in [0.5, 0.6) is 0 Å². The molecule has 0 bridgehead atoms. The van der Waals surface area contributed by atoms with Crippen molar-refractivity contribution in [3.05, 3.63) is 0 Å². The maximum atomic E-state index is 12.7. The number of hydrogen-bond donors (Lipinski definition) is 1. The van der Waals surface area contributed by atoms with Crippen LogP contribution in [0.1, 0.15) is 53.9 Å². The second kappa shape index (κ2) is 7.25. The fourth-order valence-corrected chi connectivity index (χ4v) is 2.56. The first-order valence-electron chi connectivity index (χ1n) is 7.81. The SMILES string of the molecule is COC(C)(C)CCN1C(=O)C(CC(C)C)NC(=O)CC1C. The highest BCUT2D eigenvalue weighted by molar-refractivity contribution is 5.90. The van der Waals surface area contributed by atoms with E-state index in [1.165, 1.54) is 0 Å². The fraction of sp³-hybridized carbons (Fsp3) is 0.875. The van der Waals surface area contributed by atoms with Gasteiger partial charge in [-0.3, -0.25) is 9.59 Å². The summed E-state index contributed by atoms with van der Waals surface area (Å²) in [5.74, 6) is 0.369. The van der Waals surface area contributed by atoms with Crippen molar-refractivity contribution in [3.63, 3.8) is 0 Å². The van der Waals surface area contributed by atoms with Gasteiger partial charge in [-0.05, 0) is 39.5 Å². The van der Waals surface area contributed by atoms with Crippen LogP contribution in [0.25, 0.3) is 0 Å². The lowest BCUT2D eigenvalue weighted by atomic mass is 10.0. The van der Waals surface area contributed by atoms with Crippen molar-refractivity contribution in [2.75, 3.05) is 13.7 Å². The van der Waals surface area contributed by atoms with E-state index in [0.717, 1.165) is 6.42 Å². The largest absolute Gasteiger partial charge is 0.379 e. The molecule has 1 N–H and O–H groups in total. The van der Waals surface area contributed by atoms with Crippen LogP contribution in [0.2, 0.25) is 0 Å². The van der Waals surface area contributed by atoms with Crippen LogP contribution in [-0.4, -0.2) is 48.1 Å². The van der Waals surface area contributed by atoms with Gasteiger partial charge in [0.2, 0.25) is 11.8 Å². The summed E-state index contributed by atoms with van der Waals surface area (Å²) in [6.07, 6.45) is 1.80. The number of nitrogens with zero attached hydrogens (tertiary/aromatic N) is 1. The maximum Gasteiger partial charge on any atom is 0.245 e. The molecule has 5 nitrogen and oxygen atoms in total. The van der Waals surface area contributed by atoms with E-state index in [1.54, 1.807) is 7.11 Å². The zero-order valence-corrected chi connectivity index (χ0v) is 14.2. The van der Waals surface area contributed by atoms with Gasteiger partial charge < -0.3 is 15.0 Å². The number of hydrogen-bond acceptors (Lipinski definition) is 3. The Balaban J connectivity index is 2.82. The first kappa shape index (κ1) is 18.0. The van der Waals surface area contributed by atoms with Gasteiger partial charge in [0.1, 0.15) is 6.04 Å². The minimum atomic E-state index is -0.395. The summed E-state index contributed by atoms with van der Waals surface area (Å²) in [6, 6.07) is -0.463. The van der Waals surface area contributed by atoms with Crippen LogP contribution < -0.4 is 5.32 Å². The van der Waals surface area contributed by atoms with Crippen molar-refractivity contribution in [2.24, 2.45) is 5.92 Å². The van der Waals surface area contributed by atoms with Crippen LogP contribution in [0, 0.1) is 5.92 Å². The Hall–Kier alpha value is -1.10. The summed E-state index contributed by atoms with van der Waals surface area (Å²) in [4.78, 5) is 26.5. The van der Waals surface area contributed by atoms with E-state index in [2.05, 4.69) is 19.2 Å². The van der Waals surface area contributed by atoms with Gasteiger partial charge in [0.25, 0.3) is 0 Å². The lowest BCUT2D eigenvalue weighted by molar-refractivity contribution is -0.136. The number of ether oxygens (including phenoxy) is 1. The normalized spacial score (nSPS) is 24.2. The van der Waals surface area contributed by atoms with E-state index in [4.69, 9.17) is 4.74 Å².